The predicted molar refractivity (Wildman–Crippen MR) is 86.7 cm³/mol. The molecule has 0 unspecified atom stereocenters. The van der Waals surface area contributed by atoms with Gasteiger partial charge in [-0.05, 0) is 48.4 Å². The van der Waals surface area contributed by atoms with Crippen molar-refractivity contribution in [2.24, 2.45) is 0 Å². The Morgan fingerprint density at radius 1 is 1.05 bits per heavy atom. The Balaban J connectivity index is 1.67. The Hall–Kier alpha value is -2.20. The molecule has 0 bridgehead atoms. The van der Waals surface area contributed by atoms with Gasteiger partial charge in [0.15, 0.2) is 6.61 Å². The number of halogens is 1. The van der Waals surface area contributed by atoms with E-state index in [1.165, 1.54) is 0 Å². The summed E-state index contributed by atoms with van der Waals surface area (Å²) >= 11 is 5.78. The van der Waals surface area contributed by atoms with Crippen molar-refractivity contribution in [2.45, 2.75) is 6.42 Å². The Labute approximate surface area is 135 Å². The van der Waals surface area contributed by atoms with Crippen LogP contribution in [0.4, 0.5) is 0 Å². The summed E-state index contributed by atoms with van der Waals surface area (Å²) in [4.78, 5) is 11.7. The van der Waals surface area contributed by atoms with Crippen LogP contribution in [0.5, 0.6) is 11.5 Å². The zero-order chi connectivity index (χ0) is 15.8. The summed E-state index contributed by atoms with van der Waals surface area (Å²) in [6.45, 7) is 0.555. The van der Waals surface area contributed by atoms with Crippen molar-refractivity contribution in [1.29, 1.82) is 0 Å². The van der Waals surface area contributed by atoms with Crippen LogP contribution in [-0.4, -0.2) is 26.2 Å². The normalized spacial score (nSPS) is 10.1. The first kappa shape index (κ1) is 16.2. The molecule has 1 amide bonds. The van der Waals surface area contributed by atoms with E-state index >= 15 is 0 Å². The fourth-order valence-electron chi connectivity index (χ4n) is 1.87. The van der Waals surface area contributed by atoms with Crippen LogP contribution in [-0.2, 0) is 11.2 Å². The zero-order valence-corrected chi connectivity index (χ0v) is 13.1. The minimum atomic E-state index is -0.150. The van der Waals surface area contributed by atoms with E-state index in [9.17, 15) is 4.79 Å². The van der Waals surface area contributed by atoms with Crippen LogP contribution < -0.4 is 14.8 Å². The van der Waals surface area contributed by atoms with Gasteiger partial charge in [0.05, 0.1) is 7.11 Å². The fourth-order valence-corrected chi connectivity index (χ4v) is 2.00. The highest BCUT2D eigenvalue weighted by molar-refractivity contribution is 6.30. The summed E-state index contributed by atoms with van der Waals surface area (Å²) in [5, 5.41) is 3.46. The van der Waals surface area contributed by atoms with E-state index in [1.807, 2.05) is 24.3 Å². The fraction of sp³-hybridized carbons (Fsp3) is 0.235. The van der Waals surface area contributed by atoms with Crippen molar-refractivity contribution in [3.63, 3.8) is 0 Å². The molecule has 4 nitrogen and oxygen atoms in total. The van der Waals surface area contributed by atoms with E-state index in [0.29, 0.717) is 17.3 Å². The Bertz CT molecular complexity index is 596. The number of rotatable bonds is 7. The molecule has 0 aliphatic rings. The van der Waals surface area contributed by atoms with Gasteiger partial charge in [0.25, 0.3) is 5.91 Å². The Morgan fingerprint density at radius 3 is 2.32 bits per heavy atom. The number of amides is 1. The molecule has 0 aromatic heterocycles. The number of hydrogen-bond donors (Lipinski definition) is 1. The first-order chi connectivity index (χ1) is 10.7. The Morgan fingerprint density at radius 2 is 1.68 bits per heavy atom. The lowest BCUT2D eigenvalue weighted by Crippen LogP contribution is -2.30. The van der Waals surface area contributed by atoms with Gasteiger partial charge in [-0.25, -0.2) is 0 Å². The van der Waals surface area contributed by atoms with Gasteiger partial charge in [0, 0.05) is 11.6 Å². The van der Waals surface area contributed by atoms with Crippen molar-refractivity contribution < 1.29 is 14.3 Å². The number of benzene rings is 2. The summed E-state index contributed by atoms with van der Waals surface area (Å²) in [6.07, 6.45) is 0.761. The Kier molecular flexibility index (Phi) is 6.10. The molecular formula is C17H18ClNO3. The topological polar surface area (TPSA) is 47.6 Å². The van der Waals surface area contributed by atoms with Crippen LogP contribution in [0.2, 0.25) is 5.02 Å². The molecule has 0 fully saturated rings. The van der Waals surface area contributed by atoms with Crippen molar-refractivity contribution in [3.8, 4) is 11.5 Å². The minimum absolute atomic E-state index is 0.00968. The van der Waals surface area contributed by atoms with Crippen LogP contribution in [0.1, 0.15) is 5.56 Å². The second kappa shape index (κ2) is 8.29. The summed E-state index contributed by atoms with van der Waals surface area (Å²) in [5.41, 5.74) is 1.14. The van der Waals surface area contributed by atoms with Crippen LogP contribution in [0.15, 0.2) is 48.5 Å². The van der Waals surface area contributed by atoms with Crippen LogP contribution in [0, 0.1) is 0 Å². The largest absolute Gasteiger partial charge is 0.497 e. The molecule has 1 N–H and O–H groups in total. The summed E-state index contributed by atoms with van der Waals surface area (Å²) in [6, 6.07) is 14.7. The van der Waals surface area contributed by atoms with Gasteiger partial charge in [-0.2, -0.15) is 0 Å². The van der Waals surface area contributed by atoms with Crippen LogP contribution in [0.3, 0.4) is 0 Å². The molecule has 0 heterocycles. The minimum Gasteiger partial charge on any atom is -0.497 e. The average molecular weight is 320 g/mol. The van der Waals surface area contributed by atoms with Crippen LogP contribution in [0.25, 0.3) is 0 Å². The molecule has 2 rings (SSSR count). The maximum Gasteiger partial charge on any atom is 0.257 e. The molecule has 0 radical (unpaired) electrons. The zero-order valence-electron chi connectivity index (χ0n) is 12.3. The maximum atomic E-state index is 11.7. The number of nitrogens with one attached hydrogen (secondary N) is 1. The molecular weight excluding hydrogens is 302 g/mol. The summed E-state index contributed by atoms with van der Waals surface area (Å²) < 4.78 is 10.5. The average Bonchev–Trinajstić information content (AvgIpc) is 2.55. The lowest BCUT2D eigenvalue weighted by atomic mass is 10.1. The predicted octanol–water partition coefficient (Wildman–Crippen LogP) is 3.09. The standard InChI is InChI=1S/C17H18ClNO3/c1-21-15-6-2-13(3-7-15)10-11-19-17(20)12-22-16-8-4-14(18)5-9-16/h2-9H,10-12H2,1H3,(H,19,20). The third kappa shape index (κ3) is 5.30. The SMILES string of the molecule is COc1ccc(CCNC(=O)COc2ccc(Cl)cc2)cc1. The van der Waals surface area contributed by atoms with Gasteiger partial charge < -0.3 is 14.8 Å². The highest BCUT2D eigenvalue weighted by atomic mass is 35.5. The monoisotopic (exact) mass is 319 g/mol. The highest BCUT2D eigenvalue weighted by Gasteiger charge is 2.03. The second-order valence-electron chi connectivity index (χ2n) is 4.69. The summed E-state index contributed by atoms with van der Waals surface area (Å²) in [7, 11) is 1.63. The van der Waals surface area contributed by atoms with Crippen molar-refractivity contribution >= 4 is 17.5 Å². The number of methoxy groups -OCH3 is 1. The lowest BCUT2D eigenvalue weighted by Gasteiger charge is -2.08. The lowest BCUT2D eigenvalue weighted by molar-refractivity contribution is -0.123. The van der Waals surface area contributed by atoms with Gasteiger partial charge in [-0.1, -0.05) is 23.7 Å². The van der Waals surface area contributed by atoms with Gasteiger partial charge in [0.1, 0.15) is 11.5 Å². The first-order valence-electron chi connectivity index (χ1n) is 6.95. The quantitative estimate of drug-likeness (QED) is 0.853. The van der Waals surface area contributed by atoms with E-state index in [2.05, 4.69) is 5.32 Å². The molecule has 0 saturated heterocycles. The summed E-state index contributed by atoms with van der Waals surface area (Å²) in [5.74, 6) is 1.29. The van der Waals surface area contributed by atoms with Crippen molar-refractivity contribution in [1.82, 2.24) is 5.32 Å². The second-order valence-corrected chi connectivity index (χ2v) is 5.13. The number of ether oxygens (including phenoxy) is 2. The van der Waals surface area contributed by atoms with Gasteiger partial charge in [-0.3, -0.25) is 4.79 Å². The van der Waals surface area contributed by atoms with Gasteiger partial charge in [0.2, 0.25) is 0 Å². The number of carbonyl (C=O) groups excluding carboxylic acids is 1. The number of hydrogen-bond acceptors (Lipinski definition) is 3. The first-order valence-corrected chi connectivity index (χ1v) is 7.33. The molecule has 0 saturated carbocycles. The third-order valence-electron chi connectivity index (χ3n) is 3.08. The van der Waals surface area contributed by atoms with E-state index in [-0.39, 0.29) is 12.5 Å². The maximum absolute atomic E-state index is 11.7. The molecule has 0 aliphatic heterocycles. The molecule has 0 spiro atoms. The van der Waals surface area contributed by atoms with Crippen LogP contribution >= 0.6 is 11.6 Å². The van der Waals surface area contributed by atoms with Gasteiger partial charge >= 0.3 is 0 Å². The smallest absolute Gasteiger partial charge is 0.257 e. The molecule has 22 heavy (non-hydrogen) atoms. The third-order valence-corrected chi connectivity index (χ3v) is 3.33. The van der Waals surface area contributed by atoms with E-state index in [1.54, 1.807) is 31.4 Å². The molecule has 116 valence electrons. The molecule has 5 heteroatoms. The molecule has 2 aromatic rings. The van der Waals surface area contributed by atoms with Crippen molar-refractivity contribution in [3.05, 3.63) is 59.1 Å². The van der Waals surface area contributed by atoms with Crippen molar-refractivity contribution in [2.75, 3.05) is 20.3 Å². The highest BCUT2D eigenvalue weighted by Crippen LogP contribution is 2.15. The molecule has 0 aliphatic carbocycles. The molecule has 0 atom stereocenters. The van der Waals surface area contributed by atoms with Gasteiger partial charge in [-0.15, -0.1) is 0 Å². The van der Waals surface area contributed by atoms with E-state index in [0.717, 1.165) is 17.7 Å². The molecule has 2 aromatic carbocycles. The number of carbonyl (C=O) groups is 1. The van der Waals surface area contributed by atoms with E-state index < -0.39 is 0 Å². The van der Waals surface area contributed by atoms with E-state index in [4.69, 9.17) is 21.1 Å².